The zero-order valence-corrected chi connectivity index (χ0v) is 17.9. The fraction of sp³-hybridized carbons (Fsp3) is 0.292. The summed E-state index contributed by atoms with van der Waals surface area (Å²) in [6.07, 6.45) is 6.15. The lowest BCUT2D eigenvalue weighted by atomic mass is 10.0. The van der Waals surface area contributed by atoms with Crippen LogP contribution in [0.5, 0.6) is 5.75 Å². The second kappa shape index (κ2) is 8.60. The quantitative estimate of drug-likeness (QED) is 0.451. The molecule has 1 aliphatic rings. The fourth-order valence-corrected chi connectivity index (χ4v) is 4.73. The standard InChI is InChI=1S/C24H25N3O2S/c1-28-21-2-3-24-22(13-21)23(16-27(24)6-5-26-7-9-29-10-8-26)20-12-19(14-25-15-20)18-4-11-30-17-18/h2-4,11-17H,5-10H2,1H3. The van der Waals surface area contributed by atoms with E-state index in [2.05, 4.69) is 55.7 Å². The number of morpholine rings is 1. The third-order valence-electron chi connectivity index (χ3n) is 5.75. The number of nitrogens with zero attached hydrogens (tertiary/aromatic N) is 3. The van der Waals surface area contributed by atoms with Crippen molar-refractivity contribution in [2.45, 2.75) is 6.54 Å². The molecule has 5 rings (SSSR count). The van der Waals surface area contributed by atoms with Crippen LogP contribution in [0, 0.1) is 0 Å². The van der Waals surface area contributed by atoms with E-state index in [1.165, 1.54) is 22.0 Å². The summed E-state index contributed by atoms with van der Waals surface area (Å²) in [7, 11) is 1.72. The average Bonchev–Trinajstić information content (AvgIpc) is 3.47. The Kier molecular flexibility index (Phi) is 5.53. The minimum absolute atomic E-state index is 0.829. The molecule has 0 N–H and O–H groups in total. The Balaban J connectivity index is 1.53. The second-order valence-corrected chi connectivity index (χ2v) is 8.33. The van der Waals surface area contributed by atoms with E-state index in [4.69, 9.17) is 9.47 Å². The van der Waals surface area contributed by atoms with Crippen LogP contribution in [0.1, 0.15) is 0 Å². The summed E-state index contributed by atoms with van der Waals surface area (Å²) in [5.41, 5.74) is 5.89. The summed E-state index contributed by atoms with van der Waals surface area (Å²) in [4.78, 5) is 7.01. The van der Waals surface area contributed by atoms with Gasteiger partial charge in [-0.1, -0.05) is 0 Å². The van der Waals surface area contributed by atoms with Crippen molar-refractivity contribution in [1.82, 2.24) is 14.5 Å². The van der Waals surface area contributed by atoms with E-state index in [0.717, 1.165) is 56.3 Å². The molecule has 0 aliphatic carbocycles. The summed E-state index contributed by atoms with van der Waals surface area (Å²) >= 11 is 1.71. The lowest BCUT2D eigenvalue weighted by molar-refractivity contribution is 0.0365. The van der Waals surface area contributed by atoms with Gasteiger partial charge in [-0.2, -0.15) is 11.3 Å². The average molecular weight is 420 g/mol. The van der Waals surface area contributed by atoms with E-state index in [9.17, 15) is 0 Å². The van der Waals surface area contributed by atoms with Gasteiger partial charge in [0, 0.05) is 72.4 Å². The molecular weight excluding hydrogens is 394 g/mol. The highest BCUT2D eigenvalue weighted by molar-refractivity contribution is 7.08. The zero-order chi connectivity index (χ0) is 20.3. The van der Waals surface area contributed by atoms with Crippen LogP contribution in [0.3, 0.4) is 0 Å². The third-order valence-corrected chi connectivity index (χ3v) is 6.44. The topological polar surface area (TPSA) is 39.5 Å². The number of aromatic nitrogens is 2. The van der Waals surface area contributed by atoms with E-state index in [-0.39, 0.29) is 0 Å². The van der Waals surface area contributed by atoms with Crippen LogP contribution in [0.4, 0.5) is 0 Å². The van der Waals surface area contributed by atoms with E-state index in [0.29, 0.717) is 0 Å². The molecule has 0 unspecified atom stereocenters. The van der Waals surface area contributed by atoms with Crippen LogP contribution < -0.4 is 4.74 Å². The molecule has 5 nitrogen and oxygen atoms in total. The first-order valence-electron chi connectivity index (χ1n) is 10.3. The first-order chi connectivity index (χ1) is 14.8. The molecular formula is C24H25N3O2S. The highest BCUT2D eigenvalue weighted by atomic mass is 32.1. The summed E-state index contributed by atoms with van der Waals surface area (Å²) in [6.45, 7) is 5.64. The van der Waals surface area contributed by atoms with E-state index >= 15 is 0 Å². The molecule has 4 aromatic rings. The Labute approximate surface area is 180 Å². The molecule has 1 saturated heterocycles. The lowest BCUT2D eigenvalue weighted by Gasteiger charge is -2.26. The van der Waals surface area contributed by atoms with Crippen molar-refractivity contribution >= 4 is 22.2 Å². The van der Waals surface area contributed by atoms with Crippen LogP contribution in [0.25, 0.3) is 33.2 Å². The molecule has 0 atom stereocenters. The van der Waals surface area contributed by atoms with Crippen molar-refractivity contribution < 1.29 is 9.47 Å². The highest BCUT2D eigenvalue weighted by Gasteiger charge is 2.15. The summed E-state index contributed by atoms with van der Waals surface area (Å²) in [5.74, 6) is 0.872. The summed E-state index contributed by atoms with van der Waals surface area (Å²) < 4.78 is 13.4. The van der Waals surface area contributed by atoms with Crippen molar-refractivity contribution in [3.63, 3.8) is 0 Å². The molecule has 0 saturated carbocycles. The number of benzene rings is 1. The van der Waals surface area contributed by atoms with Gasteiger partial charge in [0.15, 0.2) is 0 Å². The molecule has 0 spiro atoms. The minimum atomic E-state index is 0.829. The summed E-state index contributed by atoms with van der Waals surface area (Å²) in [5, 5.41) is 5.46. The smallest absolute Gasteiger partial charge is 0.119 e. The van der Waals surface area contributed by atoms with Gasteiger partial charge in [0.25, 0.3) is 0 Å². The van der Waals surface area contributed by atoms with Gasteiger partial charge in [0.2, 0.25) is 0 Å². The van der Waals surface area contributed by atoms with E-state index in [1.807, 2.05) is 18.5 Å². The van der Waals surface area contributed by atoms with Crippen molar-refractivity contribution in [2.24, 2.45) is 0 Å². The van der Waals surface area contributed by atoms with Gasteiger partial charge in [0.05, 0.1) is 20.3 Å². The van der Waals surface area contributed by atoms with Crippen LogP contribution in [-0.2, 0) is 11.3 Å². The number of hydrogen-bond acceptors (Lipinski definition) is 5. The molecule has 0 amide bonds. The summed E-state index contributed by atoms with van der Waals surface area (Å²) in [6, 6.07) is 10.7. The fourth-order valence-electron chi connectivity index (χ4n) is 4.07. The Morgan fingerprint density at radius 3 is 2.70 bits per heavy atom. The molecule has 1 aromatic carbocycles. The Morgan fingerprint density at radius 2 is 1.90 bits per heavy atom. The van der Waals surface area contributed by atoms with Crippen LogP contribution in [0.2, 0.25) is 0 Å². The van der Waals surface area contributed by atoms with Gasteiger partial charge in [-0.3, -0.25) is 9.88 Å². The van der Waals surface area contributed by atoms with Crippen LogP contribution in [-0.4, -0.2) is 54.4 Å². The van der Waals surface area contributed by atoms with E-state index < -0.39 is 0 Å². The maximum Gasteiger partial charge on any atom is 0.119 e. The van der Waals surface area contributed by atoms with Gasteiger partial charge in [-0.05, 0) is 46.7 Å². The Bertz CT molecular complexity index is 1130. The number of thiophene rings is 1. The van der Waals surface area contributed by atoms with Gasteiger partial charge < -0.3 is 14.0 Å². The second-order valence-electron chi connectivity index (χ2n) is 7.55. The lowest BCUT2D eigenvalue weighted by Crippen LogP contribution is -2.38. The molecule has 154 valence electrons. The maximum atomic E-state index is 5.51. The molecule has 3 aromatic heterocycles. The zero-order valence-electron chi connectivity index (χ0n) is 17.1. The minimum Gasteiger partial charge on any atom is -0.497 e. The van der Waals surface area contributed by atoms with Crippen molar-refractivity contribution in [2.75, 3.05) is 40.0 Å². The Hall–Kier alpha value is -2.67. The number of rotatable bonds is 6. The molecule has 4 heterocycles. The van der Waals surface area contributed by atoms with Crippen molar-refractivity contribution in [3.8, 4) is 28.0 Å². The van der Waals surface area contributed by atoms with Crippen molar-refractivity contribution in [1.29, 1.82) is 0 Å². The number of ether oxygens (including phenoxy) is 2. The SMILES string of the molecule is COc1ccc2c(c1)c(-c1cncc(-c3ccsc3)c1)cn2CCN1CCOCC1. The predicted octanol–water partition coefficient (Wildman–Crippen LogP) is 4.77. The number of pyridine rings is 1. The molecule has 1 aliphatic heterocycles. The van der Waals surface area contributed by atoms with Gasteiger partial charge in [-0.25, -0.2) is 0 Å². The normalized spacial score (nSPS) is 15.0. The van der Waals surface area contributed by atoms with Crippen LogP contribution >= 0.6 is 11.3 Å². The van der Waals surface area contributed by atoms with Gasteiger partial charge in [0.1, 0.15) is 5.75 Å². The molecule has 30 heavy (non-hydrogen) atoms. The monoisotopic (exact) mass is 419 g/mol. The van der Waals surface area contributed by atoms with Crippen molar-refractivity contribution in [3.05, 3.63) is 59.7 Å². The molecule has 0 radical (unpaired) electrons. The molecule has 1 fully saturated rings. The van der Waals surface area contributed by atoms with Gasteiger partial charge in [-0.15, -0.1) is 0 Å². The van der Waals surface area contributed by atoms with Crippen LogP contribution in [0.15, 0.2) is 59.7 Å². The third kappa shape index (κ3) is 3.86. The first-order valence-corrected chi connectivity index (χ1v) is 11.2. The Morgan fingerprint density at radius 1 is 1.03 bits per heavy atom. The maximum absolute atomic E-state index is 5.51. The predicted molar refractivity (Wildman–Crippen MR) is 122 cm³/mol. The highest BCUT2D eigenvalue weighted by Crippen LogP contribution is 2.35. The first kappa shape index (κ1) is 19.3. The molecule has 6 heteroatoms. The number of fused-ring (bicyclic) bond motifs is 1. The number of methoxy groups -OCH3 is 1. The number of hydrogen-bond donors (Lipinski definition) is 0. The largest absolute Gasteiger partial charge is 0.497 e. The van der Waals surface area contributed by atoms with Gasteiger partial charge >= 0.3 is 0 Å². The van der Waals surface area contributed by atoms with E-state index in [1.54, 1.807) is 18.4 Å². The molecule has 0 bridgehead atoms.